The van der Waals surface area contributed by atoms with Gasteiger partial charge in [-0.1, -0.05) is 18.2 Å². The number of ether oxygens (including phenoxy) is 1. The van der Waals surface area contributed by atoms with E-state index in [1.165, 1.54) is 0 Å². The van der Waals surface area contributed by atoms with E-state index >= 15 is 0 Å². The molecule has 0 bridgehead atoms. The van der Waals surface area contributed by atoms with Crippen LogP contribution in [-0.4, -0.2) is 79.8 Å². The molecule has 0 saturated carbocycles. The third-order valence-corrected chi connectivity index (χ3v) is 4.86. The summed E-state index contributed by atoms with van der Waals surface area (Å²) in [5, 5.41) is 6.75. The number of aliphatic imine (C=N–C) groups is 1. The number of hydrogen-bond donors (Lipinski definition) is 2. The van der Waals surface area contributed by atoms with Crippen LogP contribution in [0.4, 0.5) is 5.95 Å². The van der Waals surface area contributed by atoms with Crippen molar-refractivity contribution in [2.45, 2.75) is 13.3 Å². The molecular formula is C22H34IN7O. The molecule has 170 valence electrons. The fourth-order valence-electron chi connectivity index (χ4n) is 3.26. The van der Waals surface area contributed by atoms with E-state index in [1.807, 2.05) is 36.4 Å². The van der Waals surface area contributed by atoms with Crippen molar-refractivity contribution in [2.75, 3.05) is 63.9 Å². The van der Waals surface area contributed by atoms with Crippen LogP contribution < -0.4 is 20.3 Å². The number of piperazine rings is 1. The number of para-hydroxylation sites is 1. The molecule has 0 radical (unpaired) electrons. The van der Waals surface area contributed by atoms with Gasteiger partial charge < -0.3 is 20.3 Å². The lowest BCUT2D eigenvalue weighted by molar-refractivity contribution is 0.260. The summed E-state index contributed by atoms with van der Waals surface area (Å²) < 4.78 is 5.72. The Morgan fingerprint density at radius 2 is 1.77 bits per heavy atom. The lowest BCUT2D eigenvalue weighted by Crippen LogP contribution is -2.49. The first-order chi connectivity index (χ1) is 14.8. The fourth-order valence-corrected chi connectivity index (χ4v) is 3.26. The van der Waals surface area contributed by atoms with Gasteiger partial charge in [-0.05, 0) is 25.1 Å². The van der Waals surface area contributed by atoms with Crippen LogP contribution in [0.2, 0.25) is 0 Å². The Labute approximate surface area is 202 Å². The molecule has 2 aromatic rings. The van der Waals surface area contributed by atoms with E-state index in [0.29, 0.717) is 6.61 Å². The molecule has 0 atom stereocenters. The van der Waals surface area contributed by atoms with Gasteiger partial charge in [-0.15, -0.1) is 24.0 Å². The molecule has 1 saturated heterocycles. The third-order valence-electron chi connectivity index (χ3n) is 4.86. The van der Waals surface area contributed by atoms with Gasteiger partial charge in [0.1, 0.15) is 5.75 Å². The van der Waals surface area contributed by atoms with E-state index in [-0.39, 0.29) is 24.0 Å². The largest absolute Gasteiger partial charge is 0.494 e. The summed E-state index contributed by atoms with van der Waals surface area (Å²) in [6.45, 7) is 10.1. The lowest BCUT2D eigenvalue weighted by Gasteiger charge is -2.34. The van der Waals surface area contributed by atoms with E-state index in [0.717, 1.165) is 76.4 Å². The smallest absolute Gasteiger partial charge is 0.225 e. The van der Waals surface area contributed by atoms with Crippen molar-refractivity contribution >= 4 is 35.9 Å². The molecule has 1 fully saturated rings. The minimum absolute atomic E-state index is 0. The molecule has 8 nitrogen and oxygen atoms in total. The van der Waals surface area contributed by atoms with Gasteiger partial charge in [-0.2, -0.15) is 0 Å². The van der Waals surface area contributed by atoms with Gasteiger partial charge in [0.05, 0.1) is 6.61 Å². The molecule has 1 aliphatic rings. The topological polar surface area (TPSA) is 77.9 Å². The molecule has 1 aromatic carbocycles. The standard InChI is InChI=1S/C22H33N7O.HI/c1-2-23-21(24-12-7-19-30-20-8-4-3-5-9-20)25-13-14-28-15-17-29(18-16-28)22-26-10-6-11-27-22;/h3-6,8-11H,2,7,12-19H2,1H3,(H2,23,24,25);1H. The Kier molecular flexibility index (Phi) is 12.0. The minimum atomic E-state index is 0. The van der Waals surface area contributed by atoms with Crippen molar-refractivity contribution < 1.29 is 4.74 Å². The quantitative estimate of drug-likeness (QED) is 0.208. The Balaban J connectivity index is 0.00000341. The molecule has 1 aromatic heterocycles. The number of guanidine groups is 1. The number of halogens is 1. The van der Waals surface area contributed by atoms with Gasteiger partial charge in [0.25, 0.3) is 0 Å². The number of nitrogens with zero attached hydrogens (tertiary/aromatic N) is 5. The van der Waals surface area contributed by atoms with E-state index in [2.05, 4.69) is 42.3 Å². The van der Waals surface area contributed by atoms with Gasteiger partial charge in [-0.25, -0.2) is 9.97 Å². The zero-order valence-corrected chi connectivity index (χ0v) is 20.6. The number of rotatable bonds is 10. The first-order valence-electron chi connectivity index (χ1n) is 10.8. The highest BCUT2D eigenvalue weighted by Gasteiger charge is 2.18. The maximum absolute atomic E-state index is 5.72. The van der Waals surface area contributed by atoms with E-state index < -0.39 is 0 Å². The van der Waals surface area contributed by atoms with E-state index in [9.17, 15) is 0 Å². The summed E-state index contributed by atoms with van der Waals surface area (Å²) in [5.74, 6) is 2.60. The molecule has 0 unspecified atom stereocenters. The maximum atomic E-state index is 5.72. The second-order valence-corrected chi connectivity index (χ2v) is 7.08. The monoisotopic (exact) mass is 539 g/mol. The molecule has 0 amide bonds. The van der Waals surface area contributed by atoms with Gasteiger partial charge in [-0.3, -0.25) is 9.89 Å². The summed E-state index contributed by atoms with van der Waals surface area (Å²) >= 11 is 0. The van der Waals surface area contributed by atoms with Crippen molar-refractivity contribution in [3.63, 3.8) is 0 Å². The number of aromatic nitrogens is 2. The fraction of sp³-hybridized carbons (Fsp3) is 0.500. The van der Waals surface area contributed by atoms with Crippen molar-refractivity contribution in [1.29, 1.82) is 0 Å². The van der Waals surface area contributed by atoms with Crippen LogP contribution in [0.3, 0.4) is 0 Å². The van der Waals surface area contributed by atoms with Crippen LogP contribution in [-0.2, 0) is 0 Å². The molecule has 1 aliphatic heterocycles. The SMILES string of the molecule is CCNC(=NCCCOc1ccccc1)NCCN1CCN(c2ncccn2)CC1.I. The normalized spacial score (nSPS) is 14.6. The summed E-state index contributed by atoms with van der Waals surface area (Å²) in [4.78, 5) is 18.0. The Bertz CT molecular complexity index is 740. The molecule has 0 aliphatic carbocycles. The Morgan fingerprint density at radius 1 is 1.03 bits per heavy atom. The summed E-state index contributed by atoms with van der Waals surface area (Å²) in [6, 6.07) is 11.8. The number of benzene rings is 1. The van der Waals surface area contributed by atoms with Crippen LogP contribution in [0.1, 0.15) is 13.3 Å². The second kappa shape index (κ2) is 14.8. The Morgan fingerprint density at radius 3 is 2.48 bits per heavy atom. The van der Waals surface area contributed by atoms with Crippen molar-refractivity contribution in [3.8, 4) is 5.75 Å². The lowest BCUT2D eigenvalue weighted by atomic mass is 10.3. The number of anilines is 1. The summed E-state index contributed by atoms with van der Waals surface area (Å²) in [6.07, 6.45) is 4.48. The first-order valence-corrected chi connectivity index (χ1v) is 10.8. The van der Waals surface area contributed by atoms with Crippen molar-refractivity contribution in [2.24, 2.45) is 4.99 Å². The van der Waals surface area contributed by atoms with Crippen LogP contribution in [0, 0.1) is 0 Å². The molecule has 2 heterocycles. The maximum Gasteiger partial charge on any atom is 0.225 e. The number of nitrogens with one attached hydrogen (secondary N) is 2. The average molecular weight is 539 g/mol. The van der Waals surface area contributed by atoms with Crippen molar-refractivity contribution in [1.82, 2.24) is 25.5 Å². The predicted molar refractivity (Wildman–Crippen MR) is 137 cm³/mol. The molecule has 2 N–H and O–H groups in total. The second-order valence-electron chi connectivity index (χ2n) is 7.08. The summed E-state index contributed by atoms with van der Waals surface area (Å²) in [7, 11) is 0. The van der Waals surface area contributed by atoms with Crippen LogP contribution in [0.25, 0.3) is 0 Å². The third kappa shape index (κ3) is 9.26. The molecule has 9 heteroatoms. The van der Waals surface area contributed by atoms with Crippen LogP contribution in [0.5, 0.6) is 5.75 Å². The first kappa shape index (κ1) is 25.1. The number of hydrogen-bond acceptors (Lipinski definition) is 6. The highest BCUT2D eigenvalue weighted by Crippen LogP contribution is 2.09. The minimum Gasteiger partial charge on any atom is -0.494 e. The molecular weight excluding hydrogens is 505 g/mol. The Hall–Kier alpha value is -2.14. The van der Waals surface area contributed by atoms with Crippen molar-refractivity contribution in [3.05, 3.63) is 48.8 Å². The summed E-state index contributed by atoms with van der Waals surface area (Å²) in [5.41, 5.74) is 0. The van der Waals surface area contributed by atoms with Crippen LogP contribution >= 0.6 is 24.0 Å². The van der Waals surface area contributed by atoms with Crippen LogP contribution in [0.15, 0.2) is 53.8 Å². The average Bonchev–Trinajstić information content (AvgIpc) is 2.80. The van der Waals surface area contributed by atoms with Gasteiger partial charge in [0, 0.05) is 71.2 Å². The highest BCUT2D eigenvalue weighted by atomic mass is 127. The van der Waals surface area contributed by atoms with Gasteiger partial charge in [0.2, 0.25) is 5.95 Å². The van der Waals surface area contributed by atoms with E-state index in [1.54, 1.807) is 12.4 Å². The van der Waals surface area contributed by atoms with Gasteiger partial charge >= 0.3 is 0 Å². The predicted octanol–water partition coefficient (Wildman–Crippen LogP) is 2.24. The highest BCUT2D eigenvalue weighted by molar-refractivity contribution is 14.0. The molecule has 0 spiro atoms. The van der Waals surface area contributed by atoms with Gasteiger partial charge in [0.15, 0.2) is 5.96 Å². The molecule has 31 heavy (non-hydrogen) atoms. The molecule has 3 rings (SSSR count). The zero-order chi connectivity index (χ0) is 20.9. The van der Waals surface area contributed by atoms with E-state index in [4.69, 9.17) is 4.74 Å². The zero-order valence-electron chi connectivity index (χ0n) is 18.2.